The van der Waals surface area contributed by atoms with Gasteiger partial charge in [0.25, 0.3) is 0 Å². The fourth-order valence-corrected chi connectivity index (χ4v) is 3.89. The molecule has 0 spiro atoms. The van der Waals surface area contributed by atoms with Crippen molar-refractivity contribution in [2.45, 2.75) is 33.4 Å². The molecular formula is C30H30N4O5. The van der Waals surface area contributed by atoms with Crippen LogP contribution in [0.4, 0.5) is 5.69 Å². The third kappa shape index (κ3) is 6.89. The Labute approximate surface area is 225 Å². The first-order valence-electron chi connectivity index (χ1n) is 12.6. The average molecular weight is 527 g/mol. The number of hydrogen-bond acceptors (Lipinski definition) is 6. The summed E-state index contributed by atoms with van der Waals surface area (Å²) in [5.41, 5.74) is 2.66. The van der Waals surface area contributed by atoms with E-state index in [9.17, 15) is 14.4 Å². The van der Waals surface area contributed by atoms with E-state index in [0.29, 0.717) is 17.2 Å². The molecule has 4 rings (SSSR count). The maximum Gasteiger partial charge on any atom is 0.335 e. The molecule has 39 heavy (non-hydrogen) atoms. The monoisotopic (exact) mass is 526 g/mol. The predicted molar refractivity (Wildman–Crippen MR) is 149 cm³/mol. The highest BCUT2D eigenvalue weighted by molar-refractivity contribution is 5.86. The Morgan fingerprint density at radius 1 is 0.923 bits per heavy atom. The van der Waals surface area contributed by atoms with Gasteiger partial charge in [-0.3, -0.25) is 9.55 Å². The summed E-state index contributed by atoms with van der Waals surface area (Å²) in [7, 11) is 1.32. The van der Waals surface area contributed by atoms with Crippen molar-refractivity contribution in [1.29, 1.82) is 0 Å². The van der Waals surface area contributed by atoms with Crippen LogP contribution in [0.1, 0.15) is 30.5 Å². The fraction of sp³-hybridized carbons (Fsp3) is 0.200. The molecule has 1 aromatic heterocycles. The van der Waals surface area contributed by atoms with Crippen molar-refractivity contribution in [3.63, 3.8) is 0 Å². The standard InChI is InChI=1S/C30H30N4O5/c1-4-21-9-11-23(12-10-21)20-34-28(32-29(36)33(5-2)30(34)37)31-24-14-16-25(17-15-24)39-26-8-6-7-22(19-26)13-18-27(35)38-3/h6-19H,4-5,20H2,1-3H3,(H,31,32,36)/b18-13+. The van der Waals surface area contributed by atoms with Crippen LogP contribution in [0.5, 0.6) is 11.5 Å². The smallest absolute Gasteiger partial charge is 0.335 e. The number of H-pyrrole nitrogens is 1. The third-order valence-electron chi connectivity index (χ3n) is 6.05. The number of aromatic nitrogens is 3. The van der Waals surface area contributed by atoms with Gasteiger partial charge >= 0.3 is 17.3 Å². The molecule has 200 valence electrons. The molecule has 1 N–H and O–H groups in total. The largest absolute Gasteiger partial charge is 0.466 e. The summed E-state index contributed by atoms with van der Waals surface area (Å²) < 4.78 is 13.2. The molecule has 0 unspecified atom stereocenters. The van der Waals surface area contributed by atoms with E-state index in [1.165, 1.54) is 23.3 Å². The Morgan fingerprint density at radius 2 is 1.64 bits per heavy atom. The van der Waals surface area contributed by atoms with Gasteiger partial charge in [-0.2, -0.15) is 0 Å². The van der Waals surface area contributed by atoms with E-state index in [4.69, 9.17) is 4.74 Å². The molecule has 9 nitrogen and oxygen atoms in total. The average Bonchev–Trinajstić information content (AvgIpc) is 2.95. The van der Waals surface area contributed by atoms with E-state index < -0.39 is 17.3 Å². The zero-order chi connectivity index (χ0) is 27.8. The molecule has 9 heteroatoms. The van der Waals surface area contributed by atoms with Gasteiger partial charge in [-0.1, -0.05) is 43.3 Å². The molecule has 1 heterocycles. The molecule has 0 amide bonds. The maximum absolute atomic E-state index is 13.1. The Bertz CT molecular complexity index is 1660. The van der Waals surface area contributed by atoms with Crippen LogP contribution in [0.25, 0.3) is 6.08 Å². The van der Waals surface area contributed by atoms with Crippen LogP contribution < -0.4 is 21.7 Å². The number of benzene rings is 3. The van der Waals surface area contributed by atoms with Crippen LogP contribution in [0.15, 0.2) is 93.5 Å². The quantitative estimate of drug-likeness (QED) is 0.260. The van der Waals surface area contributed by atoms with Crippen LogP contribution in [0.2, 0.25) is 0 Å². The van der Waals surface area contributed by atoms with E-state index in [1.807, 2.05) is 36.4 Å². The Morgan fingerprint density at radius 3 is 2.31 bits per heavy atom. The number of aromatic amines is 1. The SMILES string of the molecule is CCc1ccc(Cn2c(=O)n(CC)c(=O)[nH]/c2=N\c2ccc(Oc3cccc(/C=C/C(=O)OC)c3)cc2)cc1. The van der Waals surface area contributed by atoms with Gasteiger partial charge in [0.15, 0.2) is 0 Å². The zero-order valence-corrected chi connectivity index (χ0v) is 22.1. The summed E-state index contributed by atoms with van der Waals surface area (Å²) in [5.74, 6) is 0.720. The highest BCUT2D eigenvalue weighted by Gasteiger charge is 2.09. The highest BCUT2D eigenvalue weighted by atomic mass is 16.5. The van der Waals surface area contributed by atoms with E-state index >= 15 is 0 Å². The number of methoxy groups -OCH3 is 1. The maximum atomic E-state index is 13.1. The van der Waals surface area contributed by atoms with Crippen LogP contribution in [-0.2, 0) is 29.0 Å². The van der Waals surface area contributed by atoms with Crippen LogP contribution in [0, 0.1) is 0 Å². The number of nitrogens with one attached hydrogen (secondary N) is 1. The number of esters is 1. The van der Waals surface area contributed by atoms with Gasteiger partial charge in [0.1, 0.15) is 11.5 Å². The first-order chi connectivity index (χ1) is 18.9. The molecule has 4 aromatic rings. The highest BCUT2D eigenvalue weighted by Crippen LogP contribution is 2.25. The van der Waals surface area contributed by atoms with Crippen molar-refractivity contribution in [1.82, 2.24) is 14.1 Å². The Balaban J connectivity index is 1.62. The number of carbonyl (C=O) groups excluding carboxylic acids is 1. The lowest BCUT2D eigenvalue weighted by Gasteiger charge is -2.10. The molecule has 0 aliphatic heterocycles. The van der Waals surface area contributed by atoms with Gasteiger partial charge in [-0.25, -0.2) is 23.9 Å². The zero-order valence-electron chi connectivity index (χ0n) is 22.1. The molecule has 3 aromatic carbocycles. The van der Waals surface area contributed by atoms with Crippen molar-refractivity contribution in [3.8, 4) is 11.5 Å². The number of aryl methyl sites for hydroxylation is 1. The number of nitrogens with zero attached hydrogens (tertiary/aromatic N) is 3. The summed E-state index contributed by atoms with van der Waals surface area (Å²) in [6.07, 6.45) is 3.90. The normalized spacial score (nSPS) is 11.6. The van der Waals surface area contributed by atoms with E-state index in [0.717, 1.165) is 22.1 Å². The van der Waals surface area contributed by atoms with Gasteiger partial charge in [0, 0.05) is 12.6 Å². The summed E-state index contributed by atoms with van der Waals surface area (Å²) in [6.45, 7) is 4.34. The second-order valence-corrected chi connectivity index (χ2v) is 8.67. The fourth-order valence-electron chi connectivity index (χ4n) is 3.89. The van der Waals surface area contributed by atoms with Gasteiger partial charge in [-0.15, -0.1) is 0 Å². The molecule has 0 saturated heterocycles. The van der Waals surface area contributed by atoms with Gasteiger partial charge in [0.05, 0.1) is 19.3 Å². The lowest BCUT2D eigenvalue weighted by molar-refractivity contribution is -0.134. The summed E-state index contributed by atoms with van der Waals surface area (Å²) in [6, 6.07) is 22.2. The number of ether oxygens (including phenoxy) is 2. The Kier molecular flexibility index (Phi) is 8.73. The van der Waals surface area contributed by atoms with Crippen molar-refractivity contribution in [3.05, 3.63) is 122 Å². The topological polar surface area (TPSA) is 108 Å². The minimum Gasteiger partial charge on any atom is -0.466 e. The molecule has 0 bridgehead atoms. The molecule has 0 aliphatic rings. The second-order valence-electron chi connectivity index (χ2n) is 8.67. The lowest BCUT2D eigenvalue weighted by Crippen LogP contribution is -2.49. The minimum atomic E-state index is -0.514. The lowest BCUT2D eigenvalue weighted by atomic mass is 10.1. The molecule has 0 atom stereocenters. The third-order valence-corrected chi connectivity index (χ3v) is 6.05. The van der Waals surface area contributed by atoms with Crippen molar-refractivity contribution < 1.29 is 14.3 Å². The van der Waals surface area contributed by atoms with Crippen LogP contribution in [0.3, 0.4) is 0 Å². The number of rotatable bonds is 9. The summed E-state index contributed by atoms with van der Waals surface area (Å²) in [5, 5.41) is 0. The van der Waals surface area contributed by atoms with Gasteiger partial charge < -0.3 is 9.47 Å². The number of carbonyl (C=O) groups is 1. The Hall–Kier alpha value is -4.92. The van der Waals surface area contributed by atoms with Crippen molar-refractivity contribution in [2.24, 2.45) is 4.99 Å². The van der Waals surface area contributed by atoms with Crippen LogP contribution >= 0.6 is 0 Å². The van der Waals surface area contributed by atoms with Crippen molar-refractivity contribution in [2.75, 3.05) is 7.11 Å². The molecule has 0 saturated carbocycles. The van der Waals surface area contributed by atoms with E-state index in [2.05, 4.69) is 21.6 Å². The minimum absolute atomic E-state index is 0.160. The van der Waals surface area contributed by atoms with E-state index in [-0.39, 0.29) is 18.7 Å². The summed E-state index contributed by atoms with van der Waals surface area (Å²) >= 11 is 0. The first-order valence-corrected chi connectivity index (χ1v) is 12.6. The molecular weight excluding hydrogens is 496 g/mol. The predicted octanol–water partition coefficient (Wildman–Crippen LogP) is 4.18. The number of hydrogen-bond donors (Lipinski definition) is 1. The van der Waals surface area contributed by atoms with Crippen LogP contribution in [-0.4, -0.2) is 27.2 Å². The molecule has 0 radical (unpaired) electrons. The van der Waals surface area contributed by atoms with Crippen molar-refractivity contribution >= 4 is 17.7 Å². The first kappa shape index (κ1) is 27.1. The van der Waals surface area contributed by atoms with Gasteiger partial charge in [0.2, 0.25) is 5.62 Å². The summed E-state index contributed by atoms with van der Waals surface area (Å²) in [4.78, 5) is 44.3. The van der Waals surface area contributed by atoms with Gasteiger partial charge in [-0.05, 0) is 72.5 Å². The second kappa shape index (κ2) is 12.6. The van der Waals surface area contributed by atoms with E-state index in [1.54, 1.807) is 49.4 Å². The molecule has 0 fully saturated rings. The molecule has 0 aliphatic carbocycles.